The Balaban J connectivity index is -0.0000000200. The standard InChI is InChI=1S/ClNO.H2O.Ru/c1-2-3;;/h;1H2;/q;;+3. The van der Waals surface area contributed by atoms with E-state index in [4.69, 9.17) is 4.91 Å². The van der Waals surface area contributed by atoms with E-state index in [1.807, 2.05) is 0 Å². The molecule has 0 amide bonds. The second kappa shape index (κ2) is 24.9. The molecule has 0 unspecified atom stereocenters. The molecule has 0 aliphatic rings. The third-order valence-electron chi connectivity index (χ3n) is 0. The van der Waals surface area contributed by atoms with Crippen LogP contribution in [0.4, 0.5) is 0 Å². The van der Waals surface area contributed by atoms with E-state index in [-0.39, 0.29) is 25.0 Å². The predicted molar refractivity (Wildman–Crippen MR) is 15.3 cm³/mol. The summed E-state index contributed by atoms with van der Waals surface area (Å²) in [6, 6.07) is 0. The van der Waals surface area contributed by atoms with Crippen molar-refractivity contribution in [3.8, 4) is 0 Å². The Bertz CT molecular complexity index is 17.1. The molecule has 0 saturated carbocycles. The smallest absolute Gasteiger partial charge is 0.412 e. The van der Waals surface area contributed by atoms with E-state index < -0.39 is 0 Å². The zero-order valence-corrected chi connectivity index (χ0v) is 4.58. The molecule has 0 aromatic carbocycles. The summed E-state index contributed by atoms with van der Waals surface area (Å²) in [6.45, 7) is 0. The van der Waals surface area contributed by atoms with Gasteiger partial charge in [-0.05, 0) is 0 Å². The molecule has 31 valence electrons. The average Bonchev–Trinajstić information content (AvgIpc) is 0.918. The Morgan fingerprint density at radius 1 is 1.60 bits per heavy atom. The fourth-order valence-corrected chi connectivity index (χ4v) is 0. The molecule has 0 aromatic heterocycles. The molecular weight excluding hydrogens is 183 g/mol. The van der Waals surface area contributed by atoms with Gasteiger partial charge in [-0.1, -0.05) is 0 Å². The van der Waals surface area contributed by atoms with Crippen molar-refractivity contribution in [2.45, 2.75) is 0 Å². The SMILES string of the molecule is O.O=NCl.[Ru+3]. The van der Waals surface area contributed by atoms with Crippen LogP contribution in [0.5, 0.6) is 0 Å². The molecular formula is H2ClNO2Ru+3. The van der Waals surface area contributed by atoms with Crippen molar-refractivity contribution < 1.29 is 25.0 Å². The van der Waals surface area contributed by atoms with Gasteiger partial charge in [0.25, 0.3) is 0 Å². The molecule has 0 rings (SSSR count). The Hall–Kier alpha value is 0.473. The Morgan fingerprint density at radius 2 is 1.60 bits per heavy atom. The van der Waals surface area contributed by atoms with Gasteiger partial charge in [0.05, 0.1) is 11.8 Å². The maximum Gasteiger partial charge on any atom is 3.00 e. The van der Waals surface area contributed by atoms with Gasteiger partial charge in [-0.3, -0.25) is 0 Å². The molecule has 0 aliphatic heterocycles. The Labute approximate surface area is 46.8 Å². The van der Waals surface area contributed by atoms with E-state index in [0.717, 1.165) is 0 Å². The quantitative estimate of drug-likeness (QED) is 0.389. The monoisotopic (exact) mass is 185 g/mol. The number of rotatable bonds is 0. The molecule has 3 nitrogen and oxygen atoms in total. The van der Waals surface area contributed by atoms with Gasteiger partial charge in [-0.2, -0.15) is 0 Å². The first-order valence-electron chi connectivity index (χ1n) is 0.352. The van der Waals surface area contributed by atoms with Crippen LogP contribution in [0.15, 0.2) is 4.70 Å². The number of hydrogen-bond donors (Lipinski definition) is 0. The van der Waals surface area contributed by atoms with Crippen LogP contribution in [0.3, 0.4) is 0 Å². The summed E-state index contributed by atoms with van der Waals surface area (Å²) in [5.41, 5.74) is 0. The topological polar surface area (TPSA) is 60.9 Å². The summed E-state index contributed by atoms with van der Waals surface area (Å²) in [7, 11) is 0. The van der Waals surface area contributed by atoms with Crippen molar-refractivity contribution >= 4 is 11.8 Å². The fraction of sp³-hybridized carbons (Fsp3) is 0. The molecule has 0 bridgehead atoms. The van der Waals surface area contributed by atoms with Gasteiger partial charge in [0.1, 0.15) is 0 Å². The molecule has 0 aromatic rings. The number of halogens is 1. The molecule has 0 fully saturated rings. The van der Waals surface area contributed by atoms with Gasteiger partial charge in [0, 0.05) is 4.70 Å². The van der Waals surface area contributed by atoms with Gasteiger partial charge in [-0.15, -0.1) is 4.91 Å². The minimum absolute atomic E-state index is 0. The fourth-order valence-electron chi connectivity index (χ4n) is 0. The number of nitrogens with zero attached hydrogens (tertiary/aromatic N) is 1. The van der Waals surface area contributed by atoms with Crippen LogP contribution in [0.1, 0.15) is 0 Å². The normalized spacial score (nSPS) is 2.60. The maximum absolute atomic E-state index is 8.32. The van der Waals surface area contributed by atoms with Crippen molar-refractivity contribution in [3.63, 3.8) is 0 Å². The molecule has 5 heavy (non-hydrogen) atoms. The van der Waals surface area contributed by atoms with Gasteiger partial charge >= 0.3 is 19.5 Å². The molecule has 0 saturated heterocycles. The Kier molecular flexibility index (Phi) is 89.0. The van der Waals surface area contributed by atoms with Crippen LogP contribution in [0, 0.1) is 4.91 Å². The van der Waals surface area contributed by atoms with Crippen LogP contribution in [0.25, 0.3) is 0 Å². The summed E-state index contributed by atoms with van der Waals surface area (Å²) in [4.78, 5) is 8.32. The van der Waals surface area contributed by atoms with Crippen LogP contribution >= 0.6 is 11.8 Å². The van der Waals surface area contributed by atoms with E-state index in [0.29, 0.717) is 0 Å². The second-order valence-electron chi connectivity index (χ2n) is 0.0690. The van der Waals surface area contributed by atoms with Crippen molar-refractivity contribution in [3.05, 3.63) is 4.91 Å². The largest absolute Gasteiger partial charge is 3.00 e. The minimum Gasteiger partial charge on any atom is -0.412 e. The van der Waals surface area contributed by atoms with Gasteiger partial charge in [0.15, 0.2) is 0 Å². The molecule has 0 heterocycles. The zero-order valence-electron chi connectivity index (χ0n) is 2.09. The number of nitroso groups, excluding NO2 is 1. The molecule has 5 heteroatoms. The van der Waals surface area contributed by atoms with E-state index >= 15 is 0 Å². The van der Waals surface area contributed by atoms with E-state index in [2.05, 4.69) is 11.8 Å². The van der Waals surface area contributed by atoms with Crippen molar-refractivity contribution in [2.24, 2.45) is 4.70 Å². The Morgan fingerprint density at radius 3 is 1.60 bits per heavy atom. The molecule has 0 aliphatic carbocycles. The van der Waals surface area contributed by atoms with Crippen LogP contribution < -0.4 is 0 Å². The van der Waals surface area contributed by atoms with Gasteiger partial charge in [-0.25, -0.2) is 0 Å². The maximum atomic E-state index is 8.32. The first-order valence-corrected chi connectivity index (χ1v) is 0.690. The number of hydrogen-bond acceptors (Lipinski definition) is 2. The van der Waals surface area contributed by atoms with Crippen molar-refractivity contribution in [2.75, 3.05) is 0 Å². The second-order valence-corrected chi connectivity index (χ2v) is 0.207. The first kappa shape index (κ1) is 17.9. The van der Waals surface area contributed by atoms with Crippen molar-refractivity contribution in [1.29, 1.82) is 0 Å². The summed E-state index contributed by atoms with van der Waals surface area (Å²) < 4.78 is 1.72. The van der Waals surface area contributed by atoms with E-state index in [1.165, 1.54) is 0 Å². The van der Waals surface area contributed by atoms with E-state index in [1.54, 1.807) is 4.70 Å². The summed E-state index contributed by atoms with van der Waals surface area (Å²) in [5.74, 6) is 0. The first-order chi connectivity index (χ1) is 1.41. The third kappa shape index (κ3) is 122. The zero-order chi connectivity index (χ0) is 2.71. The summed E-state index contributed by atoms with van der Waals surface area (Å²) in [5, 5.41) is 0. The molecule has 2 N–H and O–H groups in total. The predicted octanol–water partition coefficient (Wildman–Crippen LogP) is 0.0794. The van der Waals surface area contributed by atoms with Crippen LogP contribution in [-0.2, 0) is 19.5 Å². The third-order valence-corrected chi connectivity index (χ3v) is 0. The summed E-state index contributed by atoms with van der Waals surface area (Å²) in [6.07, 6.45) is 0. The van der Waals surface area contributed by atoms with E-state index in [9.17, 15) is 0 Å². The van der Waals surface area contributed by atoms with Gasteiger partial charge in [0.2, 0.25) is 0 Å². The molecule has 1 radical (unpaired) electrons. The minimum atomic E-state index is 0. The average molecular weight is 185 g/mol. The molecule has 0 spiro atoms. The molecule has 0 atom stereocenters. The summed E-state index contributed by atoms with van der Waals surface area (Å²) >= 11 is 4.07. The van der Waals surface area contributed by atoms with Gasteiger partial charge < -0.3 is 5.48 Å². The van der Waals surface area contributed by atoms with Crippen LogP contribution in [-0.4, -0.2) is 5.48 Å². The van der Waals surface area contributed by atoms with Crippen molar-refractivity contribution in [1.82, 2.24) is 0 Å². The van der Waals surface area contributed by atoms with Crippen LogP contribution in [0.2, 0.25) is 0 Å².